The molecular formula is C30H36N2O3Si+2. The van der Waals surface area contributed by atoms with E-state index in [4.69, 9.17) is 14.2 Å². The van der Waals surface area contributed by atoms with E-state index >= 15 is 0 Å². The molecule has 2 aliphatic heterocycles. The predicted molar refractivity (Wildman–Crippen MR) is 146 cm³/mol. The Kier molecular flexibility index (Phi) is 7.75. The van der Waals surface area contributed by atoms with Crippen molar-refractivity contribution in [3.63, 3.8) is 0 Å². The fraction of sp³-hybridized carbons (Fsp3) is 0.267. The van der Waals surface area contributed by atoms with Crippen molar-refractivity contribution in [1.82, 2.24) is 0 Å². The summed E-state index contributed by atoms with van der Waals surface area (Å²) in [6, 6.07) is 28.9. The van der Waals surface area contributed by atoms with Gasteiger partial charge in [0.05, 0.1) is 24.3 Å². The average molecular weight is 501 g/mol. The quantitative estimate of drug-likeness (QED) is 0.267. The lowest BCUT2D eigenvalue weighted by molar-refractivity contribution is -0.721. The van der Waals surface area contributed by atoms with Gasteiger partial charge >= 0.3 is 5.88 Å². The zero-order valence-corrected chi connectivity index (χ0v) is 23.1. The first-order valence-corrected chi connectivity index (χ1v) is 16.0. The highest BCUT2D eigenvalue weighted by Gasteiger charge is 2.33. The summed E-state index contributed by atoms with van der Waals surface area (Å²) in [6.07, 6.45) is 0. The minimum Gasteiger partial charge on any atom is -0.448 e. The lowest BCUT2D eigenvalue weighted by atomic mass is 10.1. The molecular weight excluding hydrogens is 464 g/mol. The van der Waals surface area contributed by atoms with Crippen molar-refractivity contribution in [3.05, 3.63) is 84.9 Å². The topological polar surface area (TPSA) is 35.5 Å². The first-order valence-electron chi connectivity index (χ1n) is 12.5. The first-order chi connectivity index (χ1) is 17.5. The largest absolute Gasteiger partial charge is 0.448 e. The van der Waals surface area contributed by atoms with E-state index in [1.54, 1.807) is 7.11 Å². The van der Waals surface area contributed by atoms with Crippen LogP contribution < -0.4 is 28.7 Å². The van der Waals surface area contributed by atoms with Crippen molar-refractivity contribution in [2.24, 2.45) is 0 Å². The van der Waals surface area contributed by atoms with E-state index in [2.05, 4.69) is 66.7 Å². The summed E-state index contributed by atoms with van der Waals surface area (Å²) in [6.45, 7) is 12.2. The number of pyridine rings is 2. The lowest BCUT2D eigenvalue weighted by Crippen LogP contribution is -2.63. The molecule has 0 amide bonds. The van der Waals surface area contributed by atoms with Gasteiger partial charge in [0.2, 0.25) is 11.4 Å². The number of para-hydroxylation sites is 2. The number of methoxy groups -OCH3 is 1. The summed E-state index contributed by atoms with van der Waals surface area (Å²) in [5.74, 6) is 2.73. The van der Waals surface area contributed by atoms with Crippen molar-refractivity contribution in [2.45, 2.75) is 47.0 Å². The summed E-state index contributed by atoms with van der Waals surface area (Å²) < 4.78 is 21.2. The molecule has 0 unspecified atom stereocenters. The highest BCUT2D eigenvalue weighted by atomic mass is 28.3. The highest BCUT2D eigenvalue weighted by Crippen LogP contribution is 2.31. The van der Waals surface area contributed by atoms with E-state index in [1.165, 1.54) is 16.6 Å². The van der Waals surface area contributed by atoms with Gasteiger partial charge in [0, 0.05) is 12.1 Å². The Balaban J connectivity index is 0.000000159. The normalized spacial score (nSPS) is 12.4. The van der Waals surface area contributed by atoms with Gasteiger partial charge in [0.1, 0.15) is 11.5 Å². The van der Waals surface area contributed by atoms with Crippen LogP contribution in [0, 0.1) is 0 Å². The van der Waals surface area contributed by atoms with Gasteiger partial charge in [-0.1, -0.05) is 57.8 Å². The van der Waals surface area contributed by atoms with Gasteiger partial charge in [-0.2, -0.15) is 4.57 Å². The molecule has 0 fully saturated rings. The van der Waals surface area contributed by atoms with E-state index in [0.717, 1.165) is 28.6 Å². The Hall–Kier alpha value is -3.64. The zero-order valence-electron chi connectivity index (χ0n) is 22.1. The molecule has 0 bridgehead atoms. The monoisotopic (exact) mass is 500 g/mol. The number of fused-ring (bicyclic) bond motifs is 6. The second-order valence-corrected chi connectivity index (χ2v) is 14.4. The van der Waals surface area contributed by atoms with Crippen LogP contribution in [0.25, 0.3) is 22.5 Å². The minimum atomic E-state index is -1.35. The third-order valence-corrected chi connectivity index (χ3v) is 8.11. The Morgan fingerprint density at radius 1 is 0.639 bits per heavy atom. The molecule has 0 N–H and O–H groups in total. The molecule has 0 spiro atoms. The number of hydrogen-bond acceptors (Lipinski definition) is 3. The van der Waals surface area contributed by atoms with Crippen LogP contribution in [-0.2, 0) is 13.5 Å². The maximum atomic E-state index is 5.87. The molecule has 36 heavy (non-hydrogen) atoms. The Labute approximate surface area is 215 Å². The summed E-state index contributed by atoms with van der Waals surface area (Å²) >= 11 is 0. The van der Waals surface area contributed by atoms with Crippen molar-refractivity contribution in [2.75, 3.05) is 7.11 Å². The third kappa shape index (κ3) is 5.00. The second-order valence-electron chi connectivity index (χ2n) is 9.39. The molecule has 6 rings (SSSR count). The van der Waals surface area contributed by atoms with Crippen LogP contribution in [0.4, 0.5) is 0 Å². The average Bonchev–Trinajstić information content (AvgIpc) is 2.93. The summed E-state index contributed by atoms with van der Waals surface area (Å²) in [4.78, 5) is 0. The molecule has 0 saturated carbocycles. The van der Waals surface area contributed by atoms with Gasteiger partial charge in [-0.3, -0.25) is 0 Å². The zero-order chi connectivity index (χ0) is 25.7. The number of nitrogens with zero attached hydrogens (tertiary/aromatic N) is 2. The second kappa shape index (κ2) is 11.0. The maximum Gasteiger partial charge on any atom is 0.371 e. The van der Waals surface area contributed by atoms with E-state index < -0.39 is 8.07 Å². The van der Waals surface area contributed by atoms with Gasteiger partial charge in [0.15, 0.2) is 13.4 Å². The molecule has 0 radical (unpaired) electrons. The Morgan fingerprint density at radius 2 is 1.14 bits per heavy atom. The SMILES string of the molecule is CC.COc1cccc2[n+]1COc1ccccc1-2.C[Si](C)(C)c1cccc2[n+]1COc1ccccc1-2. The van der Waals surface area contributed by atoms with Crippen molar-refractivity contribution >= 4 is 13.4 Å². The molecule has 186 valence electrons. The number of hydrogen-bond donors (Lipinski definition) is 0. The molecule has 2 aliphatic rings. The Morgan fingerprint density at radius 3 is 1.69 bits per heavy atom. The van der Waals surface area contributed by atoms with Crippen LogP contribution in [0.3, 0.4) is 0 Å². The van der Waals surface area contributed by atoms with Crippen molar-refractivity contribution in [3.8, 4) is 39.9 Å². The van der Waals surface area contributed by atoms with Gasteiger partial charge in [-0.25, -0.2) is 0 Å². The van der Waals surface area contributed by atoms with Crippen LogP contribution in [0.1, 0.15) is 13.8 Å². The fourth-order valence-corrected chi connectivity index (χ4v) is 6.10. The Bertz CT molecular complexity index is 1350. The van der Waals surface area contributed by atoms with Gasteiger partial charge in [0.25, 0.3) is 13.5 Å². The molecule has 4 aromatic rings. The molecule has 0 saturated heterocycles. The smallest absolute Gasteiger partial charge is 0.371 e. The van der Waals surface area contributed by atoms with Crippen LogP contribution in [0.5, 0.6) is 17.4 Å². The van der Waals surface area contributed by atoms with Crippen molar-refractivity contribution in [1.29, 1.82) is 0 Å². The number of ether oxygens (including phenoxy) is 3. The number of benzene rings is 2. The fourth-order valence-electron chi connectivity index (χ4n) is 4.51. The molecule has 0 aliphatic carbocycles. The first kappa shape index (κ1) is 25.4. The molecule has 2 aromatic carbocycles. The molecule has 0 atom stereocenters. The summed E-state index contributed by atoms with van der Waals surface area (Å²) in [7, 11) is 0.319. The lowest BCUT2D eigenvalue weighted by Gasteiger charge is -2.21. The van der Waals surface area contributed by atoms with Crippen molar-refractivity contribution < 1.29 is 23.3 Å². The van der Waals surface area contributed by atoms with Crippen LogP contribution in [-0.4, -0.2) is 15.2 Å². The van der Waals surface area contributed by atoms with Crippen LogP contribution in [0.2, 0.25) is 19.6 Å². The predicted octanol–water partition coefficient (Wildman–Crippen LogP) is 5.56. The molecule has 5 nitrogen and oxygen atoms in total. The molecule has 6 heteroatoms. The van der Waals surface area contributed by atoms with E-state index in [9.17, 15) is 0 Å². The summed E-state index contributed by atoms with van der Waals surface area (Å²) in [5.41, 5.74) is 4.70. The van der Waals surface area contributed by atoms with E-state index in [1.807, 2.05) is 60.9 Å². The van der Waals surface area contributed by atoms with E-state index in [-0.39, 0.29) is 0 Å². The third-order valence-electron chi connectivity index (χ3n) is 6.14. The number of rotatable bonds is 2. The summed E-state index contributed by atoms with van der Waals surface area (Å²) in [5, 5.41) is 1.44. The van der Waals surface area contributed by atoms with Crippen LogP contribution in [0.15, 0.2) is 84.9 Å². The minimum absolute atomic E-state index is 0.496. The van der Waals surface area contributed by atoms with Gasteiger partial charge < -0.3 is 14.2 Å². The van der Waals surface area contributed by atoms with E-state index in [0.29, 0.717) is 13.5 Å². The number of aromatic nitrogens is 2. The standard InChI is InChI=1S/C15H18NOSi.C13H12NO2.C2H6/c1-18(2,3)15-10-6-8-13-12-7-4-5-9-14(12)17-11-16(13)15;1-15-13-8-4-6-11-10-5-2-3-7-12(10)16-9-14(11)13;1-2/h4-10H,11H2,1-3H3;2-8H,9H2,1H3;1-2H3/q2*+1;. The highest BCUT2D eigenvalue weighted by molar-refractivity contribution is 6.87. The molecule has 4 heterocycles. The van der Waals surface area contributed by atoms with Crippen LogP contribution >= 0.6 is 0 Å². The maximum absolute atomic E-state index is 5.87. The van der Waals surface area contributed by atoms with Gasteiger partial charge in [-0.15, -0.1) is 4.57 Å². The molecule has 2 aromatic heterocycles. The van der Waals surface area contributed by atoms with Gasteiger partial charge in [-0.05, 0) is 42.5 Å².